The number of rotatable bonds is 6. The maximum atomic E-state index is 13.5. The van der Waals surface area contributed by atoms with E-state index in [0.29, 0.717) is 6.42 Å². The van der Waals surface area contributed by atoms with E-state index in [9.17, 15) is 17.0 Å². The molecular formula is C11H15ClFNO3S2. The van der Waals surface area contributed by atoms with Crippen molar-refractivity contribution in [1.29, 1.82) is 0 Å². The van der Waals surface area contributed by atoms with Gasteiger partial charge in [-0.1, -0.05) is 24.6 Å². The third-order valence-electron chi connectivity index (χ3n) is 2.60. The Balaban J connectivity index is 2.80. The van der Waals surface area contributed by atoms with Gasteiger partial charge >= 0.3 is 0 Å². The molecule has 108 valence electrons. The lowest BCUT2D eigenvalue weighted by Crippen LogP contribution is -2.28. The Labute approximate surface area is 119 Å². The third kappa shape index (κ3) is 4.52. The highest BCUT2D eigenvalue weighted by Gasteiger charge is 2.22. The fourth-order valence-corrected chi connectivity index (χ4v) is 3.47. The van der Waals surface area contributed by atoms with E-state index < -0.39 is 31.5 Å². The first-order valence-electron chi connectivity index (χ1n) is 5.51. The van der Waals surface area contributed by atoms with Crippen molar-refractivity contribution in [2.24, 2.45) is 0 Å². The van der Waals surface area contributed by atoms with E-state index in [1.807, 2.05) is 0 Å². The summed E-state index contributed by atoms with van der Waals surface area (Å²) in [6.07, 6.45) is 1.95. The minimum atomic E-state index is -4.00. The number of halogens is 2. The summed E-state index contributed by atoms with van der Waals surface area (Å²) in [5, 5.41) is -0.307. The summed E-state index contributed by atoms with van der Waals surface area (Å²) in [5.74, 6) is -0.896. The second-order valence-corrected chi connectivity index (χ2v) is 7.96. The molecule has 1 aromatic rings. The quantitative estimate of drug-likeness (QED) is 0.868. The molecule has 19 heavy (non-hydrogen) atoms. The Bertz CT molecular complexity index is 557. The van der Waals surface area contributed by atoms with Crippen LogP contribution in [-0.2, 0) is 20.8 Å². The van der Waals surface area contributed by atoms with E-state index in [2.05, 4.69) is 4.72 Å². The normalized spacial score (nSPS) is 15.2. The molecule has 0 spiro atoms. The summed E-state index contributed by atoms with van der Waals surface area (Å²) in [6, 6.07) is 3.67. The van der Waals surface area contributed by atoms with Crippen molar-refractivity contribution in [3.8, 4) is 0 Å². The van der Waals surface area contributed by atoms with Gasteiger partial charge in [0.15, 0.2) is 0 Å². The molecule has 0 aromatic heterocycles. The monoisotopic (exact) mass is 327 g/mol. The van der Waals surface area contributed by atoms with Gasteiger partial charge in [-0.3, -0.25) is 4.21 Å². The van der Waals surface area contributed by atoms with Crippen LogP contribution in [0, 0.1) is 5.82 Å². The second kappa shape index (κ2) is 6.78. The van der Waals surface area contributed by atoms with Crippen LogP contribution >= 0.6 is 11.6 Å². The lowest BCUT2D eigenvalue weighted by molar-refractivity contribution is 0.555. The Kier molecular flexibility index (Phi) is 5.91. The van der Waals surface area contributed by atoms with Crippen LogP contribution in [0.2, 0.25) is 5.02 Å². The lowest BCUT2D eigenvalue weighted by Gasteiger charge is -2.11. The zero-order valence-electron chi connectivity index (χ0n) is 10.5. The Hall–Kier alpha value is -0.500. The molecule has 0 amide bonds. The lowest BCUT2D eigenvalue weighted by atomic mass is 10.3. The van der Waals surface area contributed by atoms with E-state index >= 15 is 0 Å². The first kappa shape index (κ1) is 16.6. The van der Waals surface area contributed by atoms with Crippen molar-refractivity contribution in [2.75, 3.05) is 12.8 Å². The van der Waals surface area contributed by atoms with Crippen molar-refractivity contribution in [1.82, 2.24) is 4.72 Å². The highest BCUT2D eigenvalue weighted by Crippen LogP contribution is 2.23. The number of nitrogens with one attached hydrogen (secondary N) is 1. The number of benzene rings is 1. The summed E-state index contributed by atoms with van der Waals surface area (Å²) >= 11 is 5.70. The molecule has 1 rings (SSSR count). The van der Waals surface area contributed by atoms with Crippen LogP contribution in [0.15, 0.2) is 23.1 Å². The summed E-state index contributed by atoms with van der Waals surface area (Å²) in [6.45, 7) is 1.83. The van der Waals surface area contributed by atoms with Crippen LogP contribution in [0.1, 0.15) is 13.3 Å². The Morgan fingerprint density at radius 3 is 2.63 bits per heavy atom. The largest absolute Gasteiger partial charge is 0.260 e. The summed E-state index contributed by atoms with van der Waals surface area (Å²) in [5.41, 5.74) is 0. The SMILES string of the molecule is C[C@@H](CCNS(=O)(=O)c1c(F)cccc1Cl)[S@](C)=O. The predicted molar refractivity (Wildman–Crippen MR) is 74.7 cm³/mol. The van der Waals surface area contributed by atoms with Crippen molar-refractivity contribution in [2.45, 2.75) is 23.5 Å². The van der Waals surface area contributed by atoms with Gasteiger partial charge in [-0.05, 0) is 18.6 Å². The zero-order valence-corrected chi connectivity index (χ0v) is 12.9. The van der Waals surface area contributed by atoms with Gasteiger partial charge < -0.3 is 0 Å². The van der Waals surface area contributed by atoms with Gasteiger partial charge in [-0.25, -0.2) is 17.5 Å². The van der Waals surface area contributed by atoms with E-state index in [4.69, 9.17) is 11.6 Å². The molecule has 1 aromatic carbocycles. The van der Waals surface area contributed by atoms with E-state index in [-0.39, 0.29) is 16.8 Å². The predicted octanol–water partition coefficient (Wildman–Crippen LogP) is 1.91. The molecule has 8 heteroatoms. The Morgan fingerprint density at radius 2 is 2.11 bits per heavy atom. The molecule has 0 bridgehead atoms. The number of hydrogen-bond acceptors (Lipinski definition) is 3. The highest BCUT2D eigenvalue weighted by atomic mass is 35.5. The van der Waals surface area contributed by atoms with Gasteiger partial charge in [-0.15, -0.1) is 0 Å². The molecule has 0 radical (unpaired) electrons. The first-order chi connectivity index (χ1) is 8.75. The molecule has 2 atom stereocenters. The van der Waals surface area contributed by atoms with Gasteiger partial charge in [0.25, 0.3) is 0 Å². The van der Waals surface area contributed by atoms with E-state index in [1.165, 1.54) is 12.1 Å². The molecule has 1 N–H and O–H groups in total. The third-order valence-corrected chi connectivity index (χ3v) is 5.93. The fraction of sp³-hybridized carbons (Fsp3) is 0.455. The average Bonchev–Trinajstić information content (AvgIpc) is 2.27. The molecule has 0 fully saturated rings. The summed E-state index contributed by atoms with van der Waals surface area (Å²) < 4.78 is 50.7. The first-order valence-corrected chi connectivity index (χ1v) is 9.00. The molecule has 4 nitrogen and oxygen atoms in total. The van der Waals surface area contributed by atoms with Crippen LogP contribution in [0.3, 0.4) is 0 Å². The minimum absolute atomic E-state index is 0.0771. The van der Waals surface area contributed by atoms with Crippen LogP contribution in [0.4, 0.5) is 4.39 Å². The van der Waals surface area contributed by atoms with Crippen molar-refractivity contribution in [3.05, 3.63) is 29.0 Å². The standard InChI is InChI=1S/C11H15ClFNO3S2/c1-8(18(2)15)6-7-14-19(16,17)11-9(12)4-3-5-10(11)13/h3-5,8,14H,6-7H2,1-2H3/t8-,18-/m0/s1. The fourth-order valence-electron chi connectivity index (χ4n) is 1.37. The molecule has 0 saturated heterocycles. The van der Waals surface area contributed by atoms with Gasteiger partial charge in [-0.2, -0.15) is 0 Å². The van der Waals surface area contributed by atoms with Crippen molar-refractivity contribution < 1.29 is 17.0 Å². The van der Waals surface area contributed by atoms with Crippen LogP contribution in [0.25, 0.3) is 0 Å². The maximum absolute atomic E-state index is 13.5. The topological polar surface area (TPSA) is 63.2 Å². The van der Waals surface area contributed by atoms with E-state index in [0.717, 1.165) is 6.07 Å². The van der Waals surface area contributed by atoms with Gasteiger partial charge in [0.05, 0.1) is 5.02 Å². The maximum Gasteiger partial charge on any atom is 0.244 e. The van der Waals surface area contributed by atoms with Crippen LogP contribution < -0.4 is 4.72 Å². The molecular weight excluding hydrogens is 313 g/mol. The molecule has 0 unspecified atom stereocenters. The number of hydrogen-bond donors (Lipinski definition) is 1. The summed E-state index contributed by atoms with van der Waals surface area (Å²) in [7, 11) is -5.03. The molecule has 0 aliphatic carbocycles. The second-order valence-electron chi connectivity index (χ2n) is 4.05. The minimum Gasteiger partial charge on any atom is -0.260 e. The molecule has 0 aliphatic rings. The van der Waals surface area contributed by atoms with Crippen molar-refractivity contribution >= 4 is 32.4 Å². The van der Waals surface area contributed by atoms with Crippen LogP contribution in [-0.4, -0.2) is 30.7 Å². The highest BCUT2D eigenvalue weighted by molar-refractivity contribution is 7.89. The Morgan fingerprint density at radius 1 is 1.47 bits per heavy atom. The summed E-state index contributed by atoms with van der Waals surface area (Å²) in [4.78, 5) is -0.554. The zero-order chi connectivity index (χ0) is 14.6. The van der Waals surface area contributed by atoms with Crippen LogP contribution in [0.5, 0.6) is 0 Å². The molecule has 0 aliphatic heterocycles. The molecule has 0 saturated carbocycles. The average molecular weight is 328 g/mol. The number of sulfonamides is 1. The van der Waals surface area contributed by atoms with Crippen molar-refractivity contribution in [3.63, 3.8) is 0 Å². The van der Waals surface area contributed by atoms with E-state index in [1.54, 1.807) is 13.2 Å². The molecule has 0 heterocycles. The smallest absolute Gasteiger partial charge is 0.244 e. The van der Waals surface area contributed by atoms with Gasteiger partial charge in [0.2, 0.25) is 10.0 Å². The van der Waals surface area contributed by atoms with Gasteiger partial charge in [0, 0.05) is 28.9 Å². The van der Waals surface area contributed by atoms with Gasteiger partial charge in [0.1, 0.15) is 10.7 Å².